The predicted molar refractivity (Wildman–Crippen MR) is 79.4 cm³/mol. The van der Waals surface area contributed by atoms with Crippen LogP contribution in [0.25, 0.3) is 11.4 Å². The standard InChI is InChI=1S/C13H13N3O2S.ClH/c1-2-11-8(3-4-17-11)5-9(1)12-15-13(18-16-12)10-6-19-7-14-10;/h1-2,5,10,14H,3-4,6-7H2;1H/t10-;/m1./s1. The lowest BCUT2D eigenvalue weighted by molar-refractivity contribution is 0.351. The molecule has 0 spiro atoms. The maximum absolute atomic E-state index is 5.50. The molecule has 0 unspecified atom stereocenters. The summed E-state index contributed by atoms with van der Waals surface area (Å²) in [4.78, 5) is 4.49. The quantitative estimate of drug-likeness (QED) is 0.919. The zero-order chi connectivity index (χ0) is 12.7. The molecule has 20 heavy (non-hydrogen) atoms. The molecule has 1 saturated heterocycles. The molecule has 2 aliphatic heterocycles. The Balaban J connectivity index is 0.00000121. The molecule has 5 nitrogen and oxygen atoms in total. The van der Waals surface area contributed by atoms with Crippen molar-refractivity contribution >= 4 is 24.2 Å². The fourth-order valence-corrected chi connectivity index (χ4v) is 3.31. The minimum atomic E-state index is 0. The van der Waals surface area contributed by atoms with Crippen molar-refractivity contribution in [1.82, 2.24) is 15.5 Å². The Hall–Kier alpha value is -1.24. The SMILES string of the molecule is Cl.c1cc2c(cc1-c1noc([C@H]3CSCN3)n1)CCO2. The van der Waals surface area contributed by atoms with Crippen LogP contribution >= 0.6 is 24.2 Å². The fourth-order valence-electron chi connectivity index (χ4n) is 2.37. The van der Waals surface area contributed by atoms with Crippen LogP contribution in [0.1, 0.15) is 17.5 Å². The van der Waals surface area contributed by atoms with E-state index in [4.69, 9.17) is 9.26 Å². The molecule has 0 bridgehead atoms. The van der Waals surface area contributed by atoms with Gasteiger partial charge in [-0.2, -0.15) is 4.98 Å². The number of aromatic nitrogens is 2. The van der Waals surface area contributed by atoms with Crippen LogP contribution in [0.5, 0.6) is 5.75 Å². The minimum absolute atomic E-state index is 0. The molecule has 3 heterocycles. The van der Waals surface area contributed by atoms with Crippen molar-refractivity contribution < 1.29 is 9.26 Å². The Kier molecular flexibility index (Phi) is 3.87. The number of nitrogens with zero attached hydrogens (tertiary/aromatic N) is 2. The molecule has 1 N–H and O–H groups in total. The first-order chi connectivity index (χ1) is 9.40. The average molecular weight is 312 g/mol. The summed E-state index contributed by atoms with van der Waals surface area (Å²) in [6, 6.07) is 6.24. The van der Waals surface area contributed by atoms with Gasteiger partial charge in [0.1, 0.15) is 5.75 Å². The molecule has 2 aliphatic rings. The van der Waals surface area contributed by atoms with Crippen molar-refractivity contribution in [2.45, 2.75) is 12.5 Å². The first-order valence-corrected chi connectivity index (χ1v) is 7.46. The molecule has 0 saturated carbocycles. The van der Waals surface area contributed by atoms with Crippen molar-refractivity contribution in [3.8, 4) is 17.1 Å². The van der Waals surface area contributed by atoms with Gasteiger partial charge in [0.05, 0.1) is 12.6 Å². The van der Waals surface area contributed by atoms with Crippen molar-refractivity contribution in [3.05, 3.63) is 29.7 Å². The molecule has 0 amide bonds. The monoisotopic (exact) mass is 311 g/mol. The largest absolute Gasteiger partial charge is 0.493 e. The third kappa shape index (κ3) is 2.39. The molecule has 7 heteroatoms. The predicted octanol–water partition coefficient (Wildman–Crippen LogP) is 2.43. The third-order valence-corrected chi connectivity index (χ3v) is 4.34. The molecule has 4 rings (SSSR count). The highest BCUT2D eigenvalue weighted by Gasteiger charge is 2.23. The molecular formula is C13H14ClN3O2S. The van der Waals surface area contributed by atoms with Crippen LogP contribution < -0.4 is 10.1 Å². The zero-order valence-electron chi connectivity index (χ0n) is 10.7. The molecule has 106 valence electrons. The highest BCUT2D eigenvalue weighted by Crippen LogP contribution is 2.30. The van der Waals surface area contributed by atoms with Crippen molar-refractivity contribution in [2.24, 2.45) is 0 Å². The lowest BCUT2D eigenvalue weighted by Crippen LogP contribution is -2.14. The van der Waals surface area contributed by atoms with Gasteiger partial charge in [-0.25, -0.2) is 0 Å². The Bertz CT molecular complexity index is 613. The molecule has 2 aromatic rings. The molecular weight excluding hydrogens is 298 g/mol. The van der Waals surface area contributed by atoms with Crippen LogP contribution in [0, 0.1) is 0 Å². The number of rotatable bonds is 2. The number of fused-ring (bicyclic) bond motifs is 1. The van der Waals surface area contributed by atoms with E-state index in [2.05, 4.69) is 21.5 Å². The highest BCUT2D eigenvalue weighted by atomic mass is 35.5. The Morgan fingerprint density at radius 1 is 1.35 bits per heavy atom. The summed E-state index contributed by atoms with van der Waals surface area (Å²) >= 11 is 1.84. The second-order valence-corrected chi connectivity index (χ2v) is 5.68. The number of benzene rings is 1. The third-order valence-electron chi connectivity index (χ3n) is 3.40. The number of halogens is 1. The molecule has 1 atom stereocenters. The van der Waals surface area contributed by atoms with Gasteiger partial charge in [-0.1, -0.05) is 5.16 Å². The van der Waals surface area contributed by atoms with Gasteiger partial charge in [0, 0.05) is 23.6 Å². The molecule has 1 fully saturated rings. The summed E-state index contributed by atoms with van der Waals surface area (Å²) in [6.07, 6.45) is 0.953. The van der Waals surface area contributed by atoms with Crippen molar-refractivity contribution in [3.63, 3.8) is 0 Å². The maximum atomic E-state index is 5.50. The number of hydrogen-bond acceptors (Lipinski definition) is 6. The normalized spacial score (nSPS) is 20.3. The first-order valence-electron chi connectivity index (χ1n) is 6.31. The van der Waals surface area contributed by atoms with Crippen molar-refractivity contribution in [1.29, 1.82) is 0 Å². The smallest absolute Gasteiger partial charge is 0.244 e. The summed E-state index contributed by atoms with van der Waals surface area (Å²) in [5.74, 6) is 4.24. The fraction of sp³-hybridized carbons (Fsp3) is 0.385. The Labute approximate surface area is 126 Å². The van der Waals surface area contributed by atoms with E-state index < -0.39 is 0 Å². The Morgan fingerprint density at radius 2 is 2.30 bits per heavy atom. The summed E-state index contributed by atoms with van der Waals surface area (Å²) in [5, 5.41) is 7.41. The molecule has 1 aromatic heterocycles. The van der Waals surface area contributed by atoms with Crippen LogP contribution in [0.3, 0.4) is 0 Å². The number of hydrogen-bond donors (Lipinski definition) is 1. The van der Waals surface area contributed by atoms with Gasteiger partial charge in [-0.3, -0.25) is 5.32 Å². The molecule has 1 aromatic carbocycles. The van der Waals surface area contributed by atoms with E-state index >= 15 is 0 Å². The van der Waals surface area contributed by atoms with Crippen molar-refractivity contribution in [2.75, 3.05) is 18.2 Å². The van der Waals surface area contributed by atoms with E-state index in [0.717, 1.165) is 36.0 Å². The van der Waals surface area contributed by atoms with Crippen LogP contribution in [-0.4, -0.2) is 28.4 Å². The van der Waals surface area contributed by atoms with Gasteiger partial charge in [0.25, 0.3) is 0 Å². The van der Waals surface area contributed by atoms with E-state index in [9.17, 15) is 0 Å². The van der Waals surface area contributed by atoms with Crippen LogP contribution in [-0.2, 0) is 6.42 Å². The van der Waals surface area contributed by atoms with Gasteiger partial charge in [0.15, 0.2) is 0 Å². The van der Waals surface area contributed by atoms with Gasteiger partial charge in [-0.15, -0.1) is 24.2 Å². The van der Waals surface area contributed by atoms with Gasteiger partial charge in [0.2, 0.25) is 11.7 Å². The summed E-state index contributed by atoms with van der Waals surface area (Å²) < 4.78 is 10.9. The van der Waals surface area contributed by atoms with Gasteiger partial charge < -0.3 is 9.26 Å². The summed E-state index contributed by atoms with van der Waals surface area (Å²) in [6.45, 7) is 0.763. The highest BCUT2D eigenvalue weighted by molar-refractivity contribution is 7.99. The summed E-state index contributed by atoms with van der Waals surface area (Å²) in [5.41, 5.74) is 2.21. The second kappa shape index (κ2) is 5.63. The zero-order valence-corrected chi connectivity index (χ0v) is 12.3. The number of ether oxygens (including phenoxy) is 1. The lowest BCUT2D eigenvalue weighted by Gasteiger charge is -2.01. The second-order valence-electron chi connectivity index (χ2n) is 4.65. The topological polar surface area (TPSA) is 60.2 Å². The summed E-state index contributed by atoms with van der Waals surface area (Å²) in [7, 11) is 0. The molecule has 0 radical (unpaired) electrons. The van der Waals surface area contributed by atoms with Gasteiger partial charge >= 0.3 is 0 Å². The van der Waals surface area contributed by atoms with E-state index in [1.807, 2.05) is 23.9 Å². The van der Waals surface area contributed by atoms with Crippen LogP contribution in [0.4, 0.5) is 0 Å². The van der Waals surface area contributed by atoms with Crippen LogP contribution in [0.15, 0.2) is 22.7 Å². The average Bonchev–Trinajstić information content (AvgIpc) is 3.18. The van der Waals surface area contributed by atoms with E-state index in [1.165, 1.54) is 5.56 Å². The van der Waals surface area contributed by atoms with Gasteiger partial charge in [-0.05, 0) is 23.8 Å². The number of nitrogens with one attached hydrogen (secondary N) is 1. The van der Waals surface area contributed by atoms with E-state index in [1.54, 1.807) is 0 Å². The minimum Gasteiger partial charge on any atom is -0.493 e. The molecule has 0 aliphatic carbocycles. The lowest BCUT2D eigenvalue weighted by atomic mass is 10.1. The van der Waals surface area contributed by atoms with E-state index in [-0.39, 0.29) is 18.4 Å². The first kappa shape index (κ1) is 13.7. The maximum Gasteiger partial charge on any atom is 0.244 e. The Morgan fingerprint density at radius 3 is 3.15 bits per heavy atom. The van der Waals surface area contributed by atoms with E-state index in [0.29, 0.717) is 11.7 Å². The number of thioether (sulfide) groups is 1. The van der Waals surface area contributed by atoms with Crippen LogP contribution in [0.2, 0.25) is 0 Å².